The van der Waals surface area contributed by atoms with Crippen LogP contribution in [-0.2, 0) is 4.74 Å². The summed E-state index contributed by atoms with van der Waals surface area (Å²) in [6.07, 6.45) is -9.26. The largest absolute Gasteiger partial charge is 0.388 e. The third kappa shape index (κ3) is 4.07. The van der Waals surface area contributed by atoms with Crippen LogP contribution in [0.4, 0.5) is 26.3 Å². The molecule has 68 valence electrons. The van der Waals surface area contributed by atoms with E-state index in [1.165, 1.54) is 0 Å². The summed E-state index contributed by atoms with van der Waals surface area (Å²) >= 11 is 0. The van der Waals surface area contributed by atoms with Gasteiger partial charge in [0.25, 0.3) is 0 Å². The lowest BCUT2D eigenvalue weighted by atomic mass is 10.6. The molecular formula is C4H4F6O. The molecule has 0 unspecified atom stereocenters. The predicted molar refractivity (Wildman–Crippen MR) is 22.9 cm³/mol. The van der Waals surface area contributed by atoms with Gasteiger partial charge in [-0.05, 0) is 0 Å². The van der Waals surface area contributed by atoms with Gasteiger partial charge in [0, 0.05) is 0 Å². The van der Waals surface area contributed by atoms with Gasteiger partial charge in [-0.2, -0.15) is 17.6 Å². The Morgan fingerprint density at radius 3 is 1.27 bits per heavy atom. The van der Waals surface area contributed by atoms with Crippen LogP contribution in [0.3, 0.4) is 0 Å². The molecule has 11 heavy (non-hydrogen) atoms. The van der Waals surface area contributed by atoms with Crippen LogP contribution < -0.4 is 0 Å². The van der Waals surface area contributed by atoms with Gasteiger partial charge in [0.1, 0.15) is 0 Å². The zero-order valence-corrected chi connectivity index (χ0v) is 5.09. The minimum Gasteiger partial charge on any atom is -0.251 e. The zero-order valence-electron chi connectivity index (χ0n) is 5.09. The number of alkyl halides is 6. The molecule has 0 N–H and O–H groups in total. The Morgan fingerprint density at radius 2 is 1.09 bits per heavy atom. The highest BCUT2D eigenvalue weighted by molar-refractivity contribution is 4.56. The van der Waals surface area contributed by atoms with Crippen LogP contribution in [0.2, 0.25) is 0 Å². The van der Waals surface area contributed by atoms with Gasteiger partial charge >= 0.3 is 12.2 Å². The summed E-state index contributed by atoms with van der Waals surface area (Å²) in [5, 5.41) is 0. The van der Waals surface area contributed by atoms with Crippen molar-refractivity contribution in [3.63, 3.8) is 0 Å². The quantitative estimate of drug-likeness (QED) is 0.605. The van der Waals surface area contributed by atoms with Crippen molar-refractivity contribution in [1.29, 1.82) is 0 Å². The molecule has 7 heteroatoms. The first-order valence-corrected chi connectivity index (χ1v) is 2.41. The predicted octanol–water partition coefficient (Wildman–Crippen LogP) is 2.13. The first kappa shape index (κ1) is 10.5. The van der Waals surface area contributed by atoms with E-state index < -0.39 is 25.6 Å². The van der Waals surface area contributed by atoms with Crippen molar-refractivity contribution in [2.45, 2.75) is 12.2 Å². The van der Waals surface area contributed by atoms with Gasteiger partial charge in [0.15, 0.2) is 13.3 Å². The summed E-state index contributed by atoms with van der Waals surface area (Å²) in [7, 11) is 0. The van der Waals surface area contributed by atoms with Crippen molar-refractivity contribution in [1.82, 2.24) is 0 Å². The smallest absolute Gasteiger partial charge is 0.251 e. The Hall–Kier alpha value is -0.460. The van der Waals surface area contributed by atoms with E-state index in [0.717, 1.165) is 0 Å². The van der Waals surface area contributed by atoms with Gasteiger partial charge in [-0.3, -0.25) is 4.74 Å². The molecule has 0 saturated heterocycles. The van der Waals surface area contributed by atoms with Crippen LogP contribution in [0.15, 0.2) is 0 Å². The van der Waals surface area contributed by atoms with Crippen LogP contribution in [0.5, 0.6) is 0 Å². The van der Waals surface area contributed by atoms with Crippen LogP contribution in [0, 0.1) is 0 Å². The number of hydrogen-bond donors (Lipinski definition) is 0. The summed E-state index contributed by atoms with van der Waals surface area (Å²) in [5.74, 6) is 0. The number of halogens is 6. The molecule has 0 bridgehead atoms. The summed E-state index contributed by atoms with van der Waals surface area (Å²) < 4.78 is 71.1. The van der Waals surface area contributed by atoms with Crippen molar-refractivity contribution in [3.05, 3.63) is 0 Å². The molecule has 0 rings (SSSR count). The topological polar surface area (TPSA) is 9.23 Å². The minimum absolute atomic E-state index is 2.41. The maximum atomic E-state index is 11.6. The fourth-order valence-corrected chi connectivity index (χ4v) is 0.273. The van der Waals surface area contributed by atoms with E-state index in [1.807, 2.05) is 0 Å². The Labute approximate surface area is 57.9 Å². The lowest BCUT2D eigenvalue weighted by Gasteiger charge is -2.18. The van der Waals surface area contributed by atoms with Crippen LogP contribution >= 0.6 is 0 Å². The average molecular weight is 182 g/mol. The van der Waals surface area contributed by atoms with Crippen LogP contribution in [-0.4, -0.2) is 25.6 Å². The number of ether oxygens (including phenoxy) is 1. The van der Waals surface area contributed by atoms with Crippen molar-refractivity contribution >= 4 is 0 Å². The van der Waals surface area contributed by atoms with Gasteiger partial charge < -0.3 is 0 Å². The molecule has 0 aliphatic carbocycles. The summed E-state index contributed by atoms with van der Waals surface area (Å²) in [6, 6.07) is 0. The highest BCUT2D eigenvalue weighted by Crippen LogP contribution is 2.27. The molecule has 0 spiro atoms. The number of hydrogen-bond acceptors (Lipinski definition) is 1. The normalized spacial score (nSPS) is 13.6. The number of rotatable bonds is 4. The molecular weight excluding hydrogens is 178 g/mol. The Bertz CT molecular complexity index is 110. The molecule has 0 aliphatic heterocycles. The molecule has 0 saturated carbocycles. The second-order valence-electron chi connectivity index (χ2n) is 1.64. The molecule has 0 radical (unpaired) electrons. The molecule has 0 aromatic carbocycles. The van der Waals surface area contributed by atoms with E-state index in [2.05, 4.69) is 4.74 Å². The van der Waals surface area contributed by atoms with Gasteiger partial charge in [-0.15, -0.1) is 0 Å². The first-order chi connectivity index (χ1) is 4.83. The third-order valence-electron chi connectivity index (χ3n) is 0.610. The molecule has 0 heterocycles. The Morgan fingerprint density at radius 1 is 0.818 bits per heavy atom. The second-order valence-corrected chi connectivity index (χ2v) is 1.64. The standard InChI is InChI=1S/C4H4F6O/c5-1-3(7,8)11-4(9,10)2-6/h1-2H2. The SMILES string of the molecule is FCC(F)(F)OC(F)(F)CF. The molecule has 0 aliphatic rings. The highest BCUT2D eigenvalue weighted by atomic mass is 19.3. The van der Waals surface area contributed by atoms with Gasteiger partial charge in [-0.1, -0.05) is 0 Å². The van der Waals surface area contributed by atoms with Crippen LogP contribution in [0.1, 0.15) is 0 Å². The average Bonchev–Trinajstić information content (AvgIpc) is 1.86. The van der Waals surface area contributed by atoms with Crippen molar-refractivity contribution in [2.24, 2.45) is 0 Å². The van der Waals surface area contributed by atoms with E-state index in [-0.39, 0.29) is 0 Å². The second kappa shape index (κ2) is 3.29. The van der Waals surface area contributed by atoms with Crippen molar-refractivity contribution in [3.8, 4) is 0 Å². The minimum atomic E-state index is -4.63. The lowest BCUT2D eigenvalue weighted by molar-refractivity contribution is -0.380. The van der Waals surface area contributed by atoms with E-state index >= 15 is 0 Å². The fraction of sp³-hybridized carbons (Fsp3) is 1.00. The summed E-state index contributed by atoms with van der Waals surface area (Å²) in [6.45, 7) is -4.83. The highest BCUT2D eigenvalue weighted by Gasteiger charge is 2.44. The van der Waals surface area contributed by atoms with Gasteiger partial charge in [0.2, 0.25) is 0 Å². The first-order valence-electron chi connectivity index (χ1n) is 2.41. The summed E-state index contributed by atoms with van der Waals surface area (Å²) in [4.78, 5) is 0. The molecule has 1 nitrogen and oxygen atoms in total. The monoisotopic (exact) mass is 182 g/mol. The Balaban J connectivity index is 4.02. The van der Waals surface area contributed by atoms with E-state index in [9.17, 15) is 26.3 Å². The van der Waals surface area contributed by atoms with Gasteiger partial charge in [-0.25, -0.2) is 8.78 Å². The van der Waals surface area contributed by atoms with Crippen molar-refractivity contribution in [2.75, 3.05) is 13.3 Å². The summed E-state index contributed by atoms with van der Waals surface area (Å²) in [5.41, 5.74) is 0. The fourth-order valence-electron chi connectivity index (χ4n) is 0.273. The maximum absolute atomic E-state index is 11.6. The molecule has 0 aromatic heterocycles. The van der Waals surface area contributed by atoms with Crippen molar-refractivity contribution < 1.29 is 31.1 Å². The lowest BCUT2D eigenvalue weighted by Crippen LogP contribution is -2.36. The maximum Gasteiger partial charge on any atom is 0.388 e. The third-order valence-corrected chi connectivity index (χ3v) is 0.610. The van der Waals surface area contributed by atoms with Crippen LogP contribution in [0.25, 0.3) is 0 Å². The zero-order chi connectivity index (χ0) is 9.12. The Kier molecular flexibility index (Phi) is 3.15. The van der Waals surface area contributed by atoms with E-state index in [0.29, 0.717) is 0 Å². The molecule has 0 atom stereocenters. The molecule has 0 aromatic rings. The van der Waals surface area contributed by atoms with E-state index in [1.54, 1.807) is 0 Å². The van der Waals surface area contributed by atoms with E-state index in [4.69, 9.17) is 0 Å². The molecule has 0 fully saturated rings. The molecule has 0 amide bonds. The van der Waals surface area contributed by atoms with Gasteiger partial charge in [0.05, 0.1) is 0 Å².